The summed E-state index contributed by atoms with van der Waals surface area (Å²) in [6, 6.07) is 12.9. The van der Waals surface area contributed by atoms with Crippen LogP contribution in [0.15, 0.2) is 42.5 Å². The number of carbonyl (C=O) groups excluding carboxylic acids is 1. The van der Waals surface area contributed by atoms with Crippen molar-refractivity contribution in [1.82, 2.24) is 5.32 Å². The van der Waals surface area contributed by atoms with Gasteiger partial charge < -0.3 is 20.1 Å². The summed E-state index contributed by atoms with van der Waals surface area (Å²) in [7, 11) is 1.60. The molecule has 0 atom stereocenters. The Morgan fingerprint density at radius 1 is 1.09 bits per heavy atom. The van der Waals surface area contributed by atoms with E-state index in [4.69, 9.17) is 9.47 Å². The highest BCUT2D eigenvalue weighted by atomic mass is 16.5. The fourth-order valence-corrected chi connectivity index (χ4v) is 2.04. The van der Waals surface area contributed by atoms with Gasteiger partial charge in [0, 0.05) is 5.69 Å². The first-order valence-electron chi connectivity index (χ1n) is 7.47. The minimum atomic E-state index is -0.264. The molecule has 2 aromatic carbocycles. The highest BCUT2D eigenvalue weighted by Gasteiger charge is 2.03. The summed E-state index contributed by atoms with van der Waals surface area (Å²) < 4.78 is 10.8. The molecule has 0 aliphatic carbocycles. The lowest BCUT2D eigenvalue weighted by Gasteiger charge is -2.11. The first-order valence-corrected chi connectivity index (χ1v) is 7.47. The smallest absolute Gasteiger partial charge is 0.319 e. The SMILES string of the molecule is COc1ccc(NC(=O)NCCOc2cc(C)ccc2C)cc1. The Hall–Kier alpha value is -2.69. The van der Waals surface area contributed by atoms with Crippen molar-refractivity contribution in [3.63, 3.8) is 0 Å². The Bertz CT molecular complexity index is 654. The van der Waals surface area contributed by atoms with E-state index in [2.05, 4.69) is 10.6 Å². The number of carbonyl (C=O) groups is 1. The number of urea groups is 1. The summed E-state index contributed by atoms with van der Waals surface area (Å²) in [5.41, 5.74) is 2.94. The van der Waals surface area contributed by atoms with Crippen LogP contribution in [-0.2, 0) is 0 Å². The average Bonchev–Trinajstić information content (AvgIpc) is 2.55. The first-order chi connectivity index (χ1) is 11.1. The number of aryl methyl sites for hydroxylation is 2. The maximum absolute atomic E-state index is 11.8. The molecule has 0 heterocycles. The summed E-state index contributed by atoms with van der Waals surface area (Å²) in [5.74, 6) is 1.60. The van der Waals surface area contributed by atoms with Crippen molar-refractivity contribution in [3.05, 3.63) is 53.6 Å². The van der Waals surface area contributed by atoms with Gasteiger partial charge in [0.2, 0.25) is 0 Å². The monoisotopic (exact) mass is 314 g/mol. The Kier molecular flexibility index (Phi) is 5.86. The largest absolute Gasteiger partial charge is 0.497 e. The highest BCUT2D eigenvalue weighted by molar-refractivity contribution is 5.89. The van der Waals surface area contributed by atoms with Crippen LogP contribution in [0.4, 0.5) is 10.5 Å². The van der Waals surface area contributed by atoms with Crippen LogP contribution in [0, 0.1) is 13.8 Å². The molecule has 0 radical (unpaired) electrons. The number of nitrogens with one attached hydrogen (secondary N) is 2. The zero-order valence-corrected chi connectivity index (χ0v) is 13.7. The van der Waals surface area contributed by atoms with Crippen molar-refractivity contribution >= 4 is 11.7 Å². The van der Waals surface area contributed by atoms with E-state index in [1.54, 1.807) is 31.4 Å². The fourth-order valence-electron chi connectivity index (χ4n) is 2.04. The molecule has 0 saturated carbocycles. The molecule has 0 aliphatic rings. The summed E-state index contributed by atoms with van der Waals surface area (Å²) in [6.07, 6.45) is 0. The molecule has 0 fully saturated rings. The molecular weight excluding hydrogens is 292 g/mol. The number of rotatable bonds is 6. The summed E-state index contributed by atoms with van der Waals surface area (Å²) >= 11 is 0. The van der Waals surface area contributed by atoms with Crippen molar-refractivity contribution < 1.29 is 14.3 Å². The molecule has 23 heavy (non-hydrogen) atoms. The van der Waals surface area contributed by atoms with Crippen LogP contribution >= 0.6 is 0 Å². The normalized spacial score (nSPS) is 10.0. The summed E-state index contributed by atoms with van der Waals surface area (Å²) in [6.45, 7) is 4.86. The van der Waals surface area contributed by atoms with Crippen molar-refractivity contribution in [3.8, 4) is 11.5 Å². The van der Waals surface area contributed by atoms with E-state index in [1.807, 2.05) is 32.0 Å². The number of hydrogen-bond acceptors (Lipinski definition) is 3. The van der Waals surface area contributed by atoms with E-state index in [1.165, 1.54) is 0 Å². The summed E-state index contributed by atoms with van der Waals surface area (Å²) in [4.78, 5) is 11.8. The predicted octanol–water partition coefficient (Wildman–Crippen LogP) is 3.51. The van der Waals surface area contributed by atoms with Gasteiger partial charge in [-0.1, -0.05) is 12.1 Å². The van der Waals surface area contributed by atoms with Gasteiger partial charge in [-0.15, -0.1) is 0 Å². The number of hydrogen-bond donors (Lipinski definition) is 2. The van der Waals surface area contributed by atoms with E-state index < -0.39 is 0 Å². The van der Waals surface area contributed by atoms with Gasteiger partial charge in [-0.25, -0.2) is 4.79 Å². The molecule has 2 rings (SSSR count). The van der Waals surface area contributed by atoms with Gasteiger partial charge in [0.25, 0.3) is 0 Å². The molecule has 5 nitrogen and oxygen atoms in total. The van der Waals surface area contributed by atoms with E-state index in [-0.39, 0.29) is 6.03 Å². The molecule has 0 bridgehead atoms. The van der Waals surface area contributed by atoms with E-state index >= 15 is 0 Å². The van der Waals surface area contributed by atoms with Crippen molar-refractivity contribution in [2.24, 2.45) is 0 Å². The van der Waals surface area contributed by atoms with Gasteiger partial charge in [0.1, 0.15) is 18.1 Å². The molecule has 0 saturated heterocycles. The van der Waals surface area contributed by atoms with Gasteiger partial charge in [-0.3, -0.25) is 0 Å². The third kappa shape index (κ3) is 5.21. The molecular formula is C18H22N2O3. The highest BCUT2D eigenvalue weighted by Crippen LogP contribution is 2.18. The van der Waals surface area contributed by atoms with Gasteiger partial charge >= 0.3 is 6.03 Å². The van der Waals surface area contributed by atoms with Gasteiger partial charge in [-0.2, -0.15) is 0 Å². The van der Waals surface area contributed by atoms with Crippen LogP contribution in [-0.4, -0.2) is 26.3 Å². The fraction of sp³-hybridized carbons (Fsp3) is 0.278. The van der Waals surface area contributed by atoms with Crippen molar-refractivity contribution in [1.29, 1.82) is 0 Å². The van der Waals surface area contributed by atoms with E-state index in [0.717, 1.165) is 22.6 Å². The predicted molar refractivity (Wildman–Crippen MR) is 91.4 cm³/mol. The zero-order valence-electron chi connectivity index (χ0n) is 13.7. The van der Waals surface area contributed by atoms with Crippen LogP contribution < -0.4 is 20.1 Å². The number of methoxy groups -OCH3 is 1. The molecule has 2 amide bonds. The van der Waals surface area contributed by atoms with Gasteiger partial charge in [0.15, 0.2) is 0 Å². The number of ether oxygens (including phenoxy) is 2. The zero-order chi connectivity index (χ0) is 16.7. The maximum Gasteiger partial charge on any atom is 0.319 e. The molecule has 0 spiro atoms. The standard InChI is InChI=1S/C18H22N2O3/c1-13-4-5-14(2)17(12-13)23-11-10-19-18(21)20-15-6-8-16(22-3)9-7-15/h4-9,12H,10-11H2,1-3H3,(H2,19,20,21). The van der Waals surface area contributed by atoms with Crippen LogP contribution in [0.5, 0.6) is 11.5 Å². The Morgan fingerprint density at radius 2 is 1.83 bits per heavy atom. The Labute approximate surface area is 136 Å². The van der Waals surface area contributed by atoms with E-state index in [0.29, 0.717) is 18.8 Å². The number of amides is 2. The van der Waals surface area contributed by atoms with Crippen LogP contribution in [0.2, 0.25) is 0 Å². The second kappa shape index (κ2) is 8.08. The lowest BCUT2D eigenvalue weighted by molar-refractivity contribution is 0.247. The van der Waals surface area contributed by atoms with E-state index in [9.17, 15) is 4.79 Å². The molecule has 5 heteroatoms. The topological polar surface area (TPSA) is 59.6 Å². The van der Waals surface area contributed by atoms with Crippen molar-refractivity contribution in [2.45, 2.75) is 13.8 Å². The molecule has 0 unspecified atom stereocenters. The molecule has 122 valence electrons. The lowest BCUT2D eigenvalue weighted by atomic mass is 10.1. The molecule has 0 aliphatic heterocycles. The second-order valence-electron chi connectivity index (χ2n) is 5.23. The minimum Gasteiger partial charge on any atom is -0.497 e. The third-order valence-corrected chi connectivity index (χ3v) is 3.34. The maximum atomic E-state index is 11.8. The third-order valence-electron chi connectivity index (χ3n) is 3.34. The quantitative estimate of drug-likeness (QED) is 0.802. The van der Waals surface area contributed by atoms with Crippen LogP contribution in [0.3, 0.4) is 0 Å². The molecule has 2 N–H and O–H groups in total. The molecule has 0 aromatic heterocycles. The minimum absolute atomic E-state index is 0.264. The van der Waals surface area contributed by atoms with Gasteiger partial charge in [-0.05, 0) is 55.3 Å². The molecule has 2 aromatic rings. The summed E-state index contributed by atoms with van der Waals surface area (Å²) in [5, 5.41) is 5.51. The Balaban J connectivity index is 1.73. The Morgan fingerprint density at radius 3 is 2.52 bits per heavy atom. The first kappa shape index (κ1) is 16.7. The van der Waals surface area contributed by atoms with Crippen LogP contribution in [0.1, 0.15) is 11.1 Å². The second-order valence-corrected chi connectivity index (χ2v) is 5.23. The number of anilines is 1. The van der Waals surface area contributed by atoms with Crippen LogP contribution in [0.25, 0.3) is 0 Å². The lowest BCUT2D eigenvalue weighted by Crippen LogP contribution is -2.32. The van der Waals surface area contributed by atoms with Gasteiger partial charge in [0.05, 0.1) is 13.7 Å². The van der Waals surface area contributed by atoms with Crippen molar-refractivity contribution in [2.75, 3.05) is 25.6 Å². The number of benzene rings is 2. The average molecular weight is 314 g/mol.